The van der Waals surface area contributed by atoms with E-state index in [2.05, 4.69) is 15.0 Å². The lowest BCUT2D eigenvalue weighted by Gasteiger charge is -2.25. The molecule has 0 amide bonds. The van der Waals surface area contributed by atoms with E-state index >= 15 is 0 Å². The molecule has 1 unspecified atom stereocenters. The van der Waals surface area contributed by atoms with E-state index in [1.54, 1.807) is 6.92 Å². The summed E-state index contributed by atoms with van der Waals surface area (Å²) in [5.74, 6) is -0.159. The van der Waals surface area contributed by atoms with Crippen molar-refractivity contribution in [3.8, 4) is 0 Å². The highest BCUT2D eigenvalue weighted by Crippen LogP contribution is 2.28. The Labute approximate surface area is 117 Å². The lowest BCUT2D eigenvalue weighted by Crippen LogP contribution is -2.37. The van der Waals surface area contributed by atoms with Crippen LogP contribution in [0.1, 0.15) is 23.7 Å². The van der Waals surface area contributed by atoms with Gasteiger partial charge in [0.1, 0.15) is 11.4 Å². The van der Waals surface area contributed by atoms with E-state index in [-0.39, 0.29) is 22.9 Å². The largest absolute Gasteiger partial charge is 0.465 e. The average Bonchev–Trinajstić information content (AvgIpc) is 2.65. The summed E-state index contributed by atoms with van der Waals surface area (Å²) in [6.45, 7) is 1.79. The van der Waals surface area contributed by atoms with Crippen LogP contribution in [0.5, 0.6) is 0 Å². The zero-order chi connectivity index (χ0) is 15.0. The van der Waals surface area contributed by atoms with Crippen LogP contribution in [0, 0.1) is 0 Å². The SMILES string of the molecule is COC(=O)c1cc(N)cnc1NC1(C)CCS(=O)(=O)C1. The number of carbonyl (C=O) groups excluding carboxylic acids is 1. The van der Waals surface area contributed by atoms with E-state index < -0.39 is 21.3 Å². The van der Waals surface area contributed by atoms with E-state index in [0.717, 1.165) is 0 Å². The molecule has 8 heteroatoms. The van der Waals surface area contributed by atoms with Crippen molar-refractivity contribution < 1.29 is 17.9 Å². The summed E-state index contributed by atoms with van der Waals surface area (Å²) >= 11 is 0. The van der Waals surface area contributed by atoms with Gasteiger partial charge in [0.25, 0.3) is 0 Å². The Bertz CT molecular complexity index is 644. The molecule has 0 saturated carbocycles. The molecule has 1 atom stereocenters. The first-order valence-electron chi connectivity index (χ1n) is 6.07. The number of sulfone groups is 1. The summed E-state index contributed by atoms with van der Waals surface area (Å²) in [4.78, 5) is 15.8. The maximum atomic E-state index is 11.7. The molecule has 20 heavy (non-hydrogen) atoms. The van der Waals surface area contributed by atoms with Gasteiger partial charge in [-0.2, -0.15) is 0 Å². The van der Waals surface area contributed by atoms with Gasteiger partial charge in [-0.05, 0) is 19.4 Å². The third-order valence-corrected chi connectivity index (χ3v) is 5.14. The molecule has 1 aromatic heterocycles. The number of carbonyl (C=O) groups is 1. The number of nitrogens with zero attached hydrogens (tertiary/aromatic N) is 1. The summed E-state index contributed by atoms with van der Waals surface area (Å²) in [7, 11) is -1.79. The Morgan fingerprint density at radius 2 is 2.25 bits per heavy atom. The number of nitrogen functional groups attached to an aromatic ring is 1. The Hall–Kier alpha value is -1.83. The maximum Gasteiger partial charge on any atom is 0.341 e. The quantitative estimate of drug-likeness (QED) is 0.779. The highest BCUT2D eigenvalue weighted by Gasteiger charge is 2.39. The van der Waals surface area contributed by atoms with Crippen molar-refractivity contribution in [2.45, 2.75) is 18.9 Å². The second kappa shape index (κ2) is 4.93. The first-order chi connectivity index (χ1) is 9.25. The van der Waals surface area contributed by atoms with Gasteiger partial charge in [0.15, 0.2) is 9.84 Å². The van der Waals surface area contributed by atoms with Crippen LogP contribution in [-0.4, -0.2) is 43.5 Å². The second-order valence-corrected chi connectivity index (χ2v) is 7.37. The molecule has 1 fully saturated rings. The maximum absolute atomic E-state index is 11.7. The van der Waals surface area contributed by atoms with Gasteiger partial charge in [-0.3, -0.25) is 0 Å². The first-order valence-corrected chi connectivity index (χ1v) is 7.89. The van der Waals surface area contributed by atoms with Gasteiger partial charge in [0.2, 0.25) is 0 Å². The number of nitrogens with one attached hydrogen (secondary N) is 1. The fourth-order valence-electron chi connectivity index (χ4n) is 2.24. The standard InChI is InChI=1S/C12H17N3O4S/c1-12(3-4-20(17,18)7-12)15-10-9(11(16)19-2)5-8(13)6-14-10/h5-6H,3-4,7,13H2,1-2H3,(H,14,15). The molecule has 0 aromatic carbocycles. The van der Waals surface area contributed by atoms with Gasteiger partial charge in [0.05, 0.1) is 36.0 Å². The molecule has 1 aliphatic heterocycles. The van der Waals surface area contributed by atoms with Gasteiger partial charge in [-0.25, -0.2) is 18.2 Å². The summed E-state index contributed by atoms with van der Waals surface area (Å²) in [5.41, 5.74) is 5.49. The van der Waals surface area contributed by atoms with Crippen molar-refractivity contribution >= 4 is 27.3 Å². The predicted molar refractivity (Wildman–Crippen MR) is 75.3 cm³/mol. The van der Waals surface area contributed by atoms with E-state index in [4.69, 9.17) is 5.73 Å². The molecule has 7 nitrogen and oxygen atoms in total. The van der Waals surface area contributed by atoms with Crippen LogP contribution in [0.25, 0.3) is 0 Å². The minimum atomic E-state index is -3.05. The second-order valence-electron chi connectivity index (χ2n) is 5.18. The molecular weight excluding hydrogens is 282 g/mol. The van der Waals surface area contributed by atoms with E-state index in [9.17, 15) is 13.2 Å². The monoisotopic (exact) mass is 299 g/mol. The van der Waals surface area contributed by atoms with Crippen molar-refractivity contribution in [3.05, 3.63) is 17.8 Å². The molecular formula is C12H17N3O4S. The van der Waals surface area contributed by atoms with Crippen LogP contribution in [0.4, 0.5) is 11.5 Å². The molecule has 0 spiro atoms. The molecule has 2 heterocycles. The Morgan fingerprint density at radius 1 is 1.55 bits per heavy atom. The predicted octanol–water partition coefficient (Wildman–Crippen LogP) is 0.440. The van der Waals surface area contributed by atoms with Crippen LogP contribution >= 0.6 is 0 Å². The number of nitrogens with two attached hydrogens (primary N) is 1. The fourth-order valence-corrected chi connectivity index (χ4v) is 4.33. The number of methoxy groups -OCH3 is 1. The molecule has 0 radical (unpaired) electrons. The number of aromatic nitrogens is 1. The third kappa shape index (κ3) is 3.01. The van der Waals surface area contributed by atoms with Gasteiger partial charge >= 0.3 is 5.97 Å². The summed E-state index contributed by atoms with van der Waals surface area (Å²) in [5, 5.41) is 3.04. The van der Waals surface area contributed by atoms with Crippen molar-refractivity contribution in [1.82, 2.24) is 4.98 Å². The van der Waals surface area contributed by atoms with Crippen molar-refractivity contribution in [2.24, 2.45) is 0 Å². The van der Waals surface area contributed by atoms with Gasteiger partial charge < -0.3 is 15.8 Å². The Balaban J connectivity index is 2.32. The normalized spacial score (nSPS) is 24.3. The molecule has 3 N–H and O–H groups in total. The number of ether oxygens (including phenoxy) is 1. The zero-order valence-corrected chi connectivity index (χ0v) is 12.2. The third-order valence-electron chi connectivity index (χ3n) is 3.24. The van der Waals surface area contributed by atoms with Crippen molar-refractivity contribution in [2.75, 3.05) is 29.7 Å². The topological polar surface area (TPSA) is 111 Å². The smallest absolute Gasteiger partial charge is 0.341 e. The van der Waals surface area contributed by atoms with Crippen LogP contribution in [0.2, 0.25) is 0 Å². The molecule has 2 rings (SSSR count). The average molecular weight is 299 g/mol. The van der Waals surface area contributed by atoms with Crippen LogP contribution < -0.4 is 11.1 Å². The van der Waals surface area contributed by atoms with Crippen LogP contribution in [0.15, 0.2) is 12.3 Å². The molecule has 0 aliphatic carbocycles. The summed E-state index contributed by atoms with van der Waals surface area (Å²) in [6.07, 6.45) is 1.86. The number of hydrogen-bond donors (Lipinski definition) is 2. The number of esters is 1. The highest BCUT2D eigenvalue weighted by atomic mass is 32.2. The molecule has 1 aliphatic rings. The zero-order valence-electron chi connectivity index (χ0n) is 11.3. The minimum absolute atomic E-state index is 0.00662. The first kappa shape index (κ1) is 14.6. The van der Waals surface area contributed by atoms with E-state index in [1.807, 2.05) is 0 Å². The van der Waals surface area contributed by atoms with E-state index in [0.29, 0.717) is 12.1 Å². The van der Waals surface area contributed by atoms with Crippen LogP contribution in [-0.2, 0) is 14.6 Å². The van der Waals surface area contributed by atoms with Gasteiger partial charge in [0, 0.05) is 0 Å². The lowest BCUT2D eigenvalue weighted by atomic mass is 10.0. The summed E-state index contributed by atoms with van der Waals surface area (Å²) < 4.78 is 27.9. The van der Waals surface area contributed by atoms with E-state index in [1.165, 1.54) is 19.4 Å². The van der Waals surface area contributed by atoms with Gasteiger partial charge in [-0.15, -0.1) is 0 Å². The summed E-state index contributed by atoms with van der Waals surface area (Å²) in [6, 6.07) is 1.45. The molecule has 0 bridgehead atoms. The van der Waals surface area contributed by atoms with Crippen molar-refractivity contribution in [1.29, 1.82) is 0 Å². The number of hydrogen-bond acceptors (Lipinski definition) is 7. The molecule has 110 valence electrons. The van der Waals surface area contributed by atoms with Gasteiger partial charge in [-0.1, -0.05) is 0 Å². The number of rotatable bonds is 3. The molecule has 1 aromatic rings. The molecule has 1 saturated heterocycles. The minimum Gasteiger partial charge on any atom is -0.465 e. The fraction of sp³-hybridized carbons (Fsp3) is 0.500. The van der Waals surface area contributed by atoms with Crippen LogP contribution in [0.3, 0.4) is 0 Å². The van der Waals surface area contributed by atoms with Crippen molar-refractivity contribution in [3.63, 3.8) is 0 Å². The number of pyridine rings is 1. The number of anilines is 2. The lowest BCUT2D eigenvalue weighted by molar-refractivity contribution is 0.0601. The Morgan fingerprint density at radius 3 is 2.80 bits per heavy atom. The Kier molecular flexibility index (Phi) is 3.59. The highest BCUT2D eigenvalue weighted by molar-refractivity contribution is 7.91.